The second-order valence-electron chi connectivity index (χ2n) is 6.29. The number of carbonyl (C=O) groups excluding carboxylic acids is 2. The summed E-state index contributed by atoms with van der Waals surface area (Å²) in [7, 11) is 1.37. The van der Waals surface area contributed by atoms with Gasteiger partial charge < -0.3 is 10.1 Å². The fraction of sp³-hybridized carbons (Fsp3) is 0.364. The van der Waals surface area contributed by atoms with Crippen LogP contribution in [-0.4, -0.2) is 30.5 Å². The first-order chi connectivity index (χ1) is 13.2. The van der Waals surface area contributed by atoms with E-state index in [1.54, 1.807) is 0 Å². The molecule has 0 heterocycles. The van der Waals surface area contributed by atoms with Crippen LogP contribution >= 0.6 is 11.8 Å². The molecule has 0 saturated carbocycles. The molecule has 0 spiro atoms. The van der Waals surface area contributed by atoms with E-state index in [4.69, 9.17) is 0 Å². The largest absolute Gasteiger partial charge is 0.468 e. The van der Waals surface area contributed by atoms with Gasteiger partial charge in [0.25, 0.3) is 0 Å². The zero-order valence-electron chi connectivity index (χ0n) is 15.7. The van der Waals surface area contributed by atoms with Crippen molar-refractivity contribution in [2.45, 2.75) is 31.7 Å². The third kappa shape index (κ3) is 8.31. The number of benzene rings is 2. The number of esters is 1. The third-order valence-electron chi connectivity index (χ3n) is 4.26. The van der Waals surface area contributed by atoms with E-state index >= 15 is 0 Å². The molecule has 1 N–H and O–H groups in total. The van der Waals surface area contributed by atoms with Crippen LogP contribution in [0.15, 0.2) is 60.7 Å². The van der Waals surface area contributed by atoms with Crippen LogP contribution in [0.5, 0.6) is 0 Å². The second kappa shape index (κ2) is 12.2. The maximum atomic E-state index is 12.3. The fourth-order valence-corrected chi connectivity index (χ4v) is 3.57. The lowest BCUT2D eigenvalue weighted by Crippen LogP contribution is -2.29. The standard InChI is InChI=1S/C22H27NO3S/c1-26-22(25)17-27-16-15-21(24)23-20(19-12-6-3-7-13-19)14-8-11-18-9-4-2-5-10-18/h2-7,9-10,12-13,20H,8,11,14-17H2,1H3,(H,23,24). The molecule has 0 radical (unpaired) electrons. The van der Waals surface area contributed by atoms with Crippen molar-refractivity contribution in [1.82, 2.24) is 5.32 Å². The average Bonchev–Trinajstić information content (AvgIpc) is 2.71. The van der Waals surface area contributed by atoms with Gasteiger partial charge in [-0.05, 0) is 30.4 Å². The molecule has 0 fully saturated rings. The van der Waals surface area contributed by atoms with Crippen molar-refractivity contribution in [3.63, 3.8) is 0 Å². The Bertz CT molecular complexity index is 691. The third-order valence-corrected chi connectivity index (χ3v) is 5.19. The van der Waals surface area contributed by atoms with Crippen LogP contribution in [0.4, 0.5) is 0 Å². The van der Waals surface area contributed by atoms with Crippen LogP contribution in [-0.2, 0) is 20.7 Å². The molecule has 2 aromatic rings. The Labute approximate surface area is 165 Å². The summed E-state index contributed by atoms with van der Waals surface area (Å²) in [6, 6.07) is 20.5. The maximum Gasteiger partial charge on any atom is 0.315 e. The summed E-state index contributed by atoms with van der Waals surface area (Å²) in [6.45, 7) is 0. The Morgan fingerprint density at radius 3 is 2.37 bits per heavy atom. The Morgan fingerprint density at radius 2 is 1.70 bits per heavy atom. The van der Waals surface area contributed by atoms with Crippen LogP contribution in [0.2, 0.25) is 0 Å². The van der Waals surface area contributed by atoms with Gasteiger partial charge in [-0.15, -0.1) is 11.8 Å². The highest BCUT2D eigenvalue weighted by Gasteiger charge is 2.14. The number of amides is 1. The normalized spacial score (nSPS) is 11.6. The van der Waals surface area contributed by atoms with Gasteiger partial charge in [-0.3, -0.25) is 9.59 Å². The molecule has 5 heteroatoms. The first-order valence-electron chi connectivity index (χ1n) is 9.22. The molecule has 0 aliphatic heterocycles. The van der Waals surface area contributed by atoms with Gasteiger partial charge in [-0.1, -0.05) is 60.7 Å². The van der Waals surface area contributed by atoms with E-state index in [9.17, 15) is 9.59 Å². The van der Waals surface area contributed by atoms with E-state index < -0.39 is 0 Å². The maximum absolute atomic E-state index is 12.3. The van der Waals surface area contributed by atoms with Crippen molar-refractivity contribution in [2.75, 3.05) is 18.6 Å². The highest BCUT2D eigenvalue weighted by Crippen LogP contribution is 2.20. The molecule has 0 saturated heterocycles. The number of hydrogen-bond donors (Lipinski definition) is 1. The molecule has 27 heavy (non-hydrogen) atoms. The number of aryl methyl sites for hydroxylation is 1. The lowest BCUT2D eigenvalue weighted by molar-refractivity contribution is -0.137. The van der Waals surface area contributed by atoms with E-state index in [0.717, 1.165) is 24.8 Å². The number of nitrogens with one attached hydrogen (secondary N) is 1. The summed E-state index contributed by atoms with van der Waals surface area (Å²) in [5.74, 6) is 0.638. The topological polar surface area (TPSA) is 55.4 Å². The Balaban J connectivity index is 1.83. The smallest absolute Gasteiger partial charge is 0.315 e. The number of thioether (sulfide) groups is 1. The Hall–Kier alpha value is -2.27. The number of rotatable bonds is 11. The lowest BCUT2D eigenvalue weighted by Gasteiger charge is -2.19. The Morgan fingerprint density at radius 1 is 1.04 bits per heavy atom. The summed E-state index contributed by atoms with van der Waals surface area (Å²) >= 11 is 1.42. The molecule has 144 valence electrons. The summed E-state index contributed by atoms with van der Waals surface area (Å²) in [5, 5.41) is 3.15. The Kier molecular flexibility index (Phi) is 9.49. The van der Waals surface area contributed by atoms with Crippen molar-refractivity contribution < 1.29 is 14.3 Å². The van der Waals surface area contributed by atoms with Gasteiger partial charge >= 0.3 is 5.97 Å². The molecule has 2 aromatic carbocycles. The van der Waals surface area contributed by atoms with Crippen molar-refractivity contribution >= 4 is 23.6 Å². The molecule has 0 bridgehead atoms. The summed E-state index contributed by atoms with van der Waals surface area (Å²) in [6.07, 6.45) is 3.28. The molecular formula is C22H27NO3S. The van der Waals surface area contributed by atoms with Crippen LogP contribution in [0.25, 0.3) is 0 Å². The minimum absolute atomic E-state index is 0.00743. The highest BCUT2D eigenvalue weighted by molar-refractivity contribution is 7.99. The summed E-state index contributed by atoms with van der Waals surface area (Å²) < 4.78 is 4.60. The minimum atomic E-state index is -0.261. The number of carbonyl (C=O) groups is 2. The number of methoxy groups -OCH3 is 1. The first-order valence-corrected chi connectivity index (χ1v) is 10.4. The second-order valence-corrected chi connectivity index (χ2v) is 7.39. The SMILES string of the molecule is COC(=O)CSCCC(=O)NC(CCCc1ccccc1)c1ccccc1. The summed E-state index contributed by atoms with van der Waals surface area (Å²) in [5.41, 5.74) is 2.44. The predicted octanol–water partition coefficient (Wildman–Crippen LogP) is 4.16. The van der Waals surface area contributed by atoms with Gasteiger partial charge in [0, 0.05) is 12.2 Å². The van der Waals surface area contributed by atoms with Gasteiger partial charge in [0.15, 0.2) is 0 Å². The van der Waals surface area contributed by atoms with Crippen LogP contribution < -0.4 is 5.32 Å². The number of hydrogen-bond acceptors (Lipinski definition) is 4. The van der Waals surface area contributed by atoms with E-state index in [-0.39, 0.29) is 23.7 Å². The van der Waals surface area contributed by atoms with Gasteiger partial charge in [0.2, 0.25) is 5.91 Å². The summed E-state index contributed by atoms with van der Waals surface area (Å²) in [4.78, 5) is 23.4. The molecule has 0 aliphatic carbocycles. The fourth-order valence-electron chi connectivity index (χ4n) is 2.81. The van der Waals surface area contributed by atoms with Crippen molar-refractivity contribution in [3.8, 4) is 0 Å². The molecule has 2 rings (SSSR count). The first kappa shape index (κ1) is 21.0. The molecule has 1 unspecified atom stereocenters. The predicted molar refractivity (Wildman–Crippen MR) is 111 cm³/mol. The van der Waals surface area contributed by atoms with E-state index in [2.05, 4.69) is 46.5 Å². The minimum Gasteiger partial charge on any atom is -0.468 e. The van der Waals surface area contributed by atoms with Crippen LogP contribution in [0.1, 0.15) is 36.4 Å². The average molecular weight is 386 g/mol. The van der Waals surface area contributed by atoms with Crippen LogP contribution in [0, 0.1) is 0 Å². The zero-order valence-corrected chi connectivity index (χ0v) is 16.5. The molecule has 1 atom stereocenters. The molecular weight excluding hydrogens is 358 g/mol. The molecule has 4 nitrogen and oxygen atoms in total. The highest BCUT2D eigenvalue weighted by atomic mass is 32.2. The van der Waals surface area contributed by atoms with Gasteiger partial charge in [-0.2, -0.15) is 0 Å². The van der Waals surface area contributed by atoms with Crippen molar-refractivity contribution in [2.24, 2.45) is 0 Å². The molecule has 0 aromatic heterocycles. The zero-order chi connectivity index (χ0) is 19.3. The lowest BCUT2D eigenvalue weighted by atomic mass is 9.99. The van der Waals surface area contributed by atoms with Crippen LogP contribution in [0.3, 0.4) is 0 Å². The van der Waals surface area contributed by atoms with Crippen molar-refractivity contribution in [1.29, 1.82) is 0 Å². The van der Waals surface area contributed by atoms with Gasteiger partial charge in [0.1, 0.15) is 0 Å². The quantitative estimate of drug-likeness (QED) is 0.466. The van der Waals surface area contributed by atoms with Crippen molar-refractivity contribution in [3.05, 3.63) is 71.8 Å². The van der Waals surface area contributed by atoms with E-state index in [0.29, 0.717) is 12.2 Å². The number of ether oxygens (including phenoxy) is 1. The van der Waals surface area contributed by atoms with Gasteiger partial charge in [0.05, 0.1) is 18.9 Å². The van der Waals surface area contributed by atoms with E-state index in [1.807, 2.05) is 24.3 Å². The monoisotopic (exact) mass is 385 g/mol. The molecule has 0 aliphatic rings. The van der Waals surface area contributed by atoms with E-state index in [1.165, 1.54) is 24.4 Å². The van der Waals surface area contributed by atoms with Gasteiger partial charge in [-0.25, -0.2) is 0 Å². The molecule has 1 amide bonds.